The van der Waals surface area contributed by atoms with E-state index in [2.05, 4.69) is 15.3 Å². The molecule has 2 heterocycles. The van der Waals surface area contributed by atoms with Crippen molar-refractivity contribution in [3.8, 4) is 0 Å². The number of imide groups is 1. The molecule has 4 rings (SSSR count). The van der Waals surface area contributed by atoms with Gasteiger partial charge in [0.15, 0.2) is 5.16 Å². The number of hydrogen-bond donors (Lipinski definition) is 1. The summed E-state index contributed by atoms with van der Waals surface area (Å²) in [6.07, 6.45) is 0.622. The number of thioether (sulfide) groups is 1. The number of anilines is 2. The maximum atomic E-state index is 13.8. The number of para-hydroxylation sites is 1. The molecule has 2 amide bonds. The van der Waals surface area contributed by atoms with Crippen LogP contribution >= 0.6 is 11.8 Å². The fourth-order valence-corrected chi connectivity index (χ4v) is 4.81. The number of esters is 2. The number of aryl methyl sites for hydroxylation is 2. The number of benzene rings is 2. The predicted molar refractivity (Wildman–Crippen MR) is 145 cm³/mol. The van der Waals surface area contributed by atoms with E-state index in [-0.39, 0.29) is 28.5 Å². The maximum Gasteiger partial charge on any atom is 0.340 e. The normalized spacial score (nSPS) is 13.1. The lowest BCUT2D eigenvalue weighted by molar-refractivity contribution is -0.120. The van der Waals surface area contributed by atoms with Crippen molar-refractivity contribution in [1.29, 1.82) is 0 Å². The summed E-state index contributed by atoms with van der Waals surface area (Å²) < 4.78 is 10.0. The van der Waals surface area contributed by atoms with Gasteiger partial charge in [-0.25, -0.2) is 24.5 Å². The van der Waals surface area contributed by atoms with Gasteiger partial charge < -0.3 is 14.8 Å². The molecule has 0 spiro atoms. The van der Waals surface area contributed by atoms with E-state index in [4.69, 9.17) is 9.47 Å². The zero-order chi connectivity index (χ0) is 28.1. The van der Waals surface area contributed by atoms with Crippen LogP contribution < -0.4 is 10.2 Å². The monoisotopic (exact) mass is 546 g/mol. The Balaban J connectivity index is 1.75. The number of aromatic nitrogens is 2. The van der Waals surface area contributed by atoms with E-state index >= 15 is 0 Å². The molecule has 1 aliphatic rings. The third-order valence-corrected chi connectivity index (χ3v) is 6.52. The lowest BCUT2D eigenvalue weighted by Crippen LogP contribution is -2.33. The number of nitrogens with zero attached hydrogens (tertiary/aromatic N) is 3. The topological polar surface area (TPSA) is 128 Å². The first-order valence-electron chi connectivity index (χ1n) is 12.1. The quantitative estimate of drug-likeness (QED) is 0.234. The largest absolute Gasteiger partial charge is 0.465 e. The summed E-state index contributed by atoms with van der Waals surface area (Å²) in [5.74, 6) is -2.45. The van der Waals surface area contributed by atoms with Gasteiger partial charge in [0, 0.05) is 17.1 Å². The van der Waals surface area contributed by atoms with E-state index < -0.39 is 23.8 Å². The van der Waals surface area contributed by atoms with E-state index in [1.807, 2.05) is 6.92 Å². The Morgan fingerprint density at radius 1 is 0.949 bits per heavy atom. The Morgan fingerprint density at radius 3 is 2.26 bits per heavy atom. The minimum absolute atomic E-state index is 0.0182. The molecule has 0 bridgehead atoms. The summed E-state index contributed by atoms with van der Waals surface area (Å²) in [5.41, 5.74) is 2.36. The Morgan fingerprint density at radius 2 is 1.62 bits per heavy atom. The molecule has 0 atom stereocenters. The Bertz CT molecular complexity index is 1470. The van der Waals surface area contributed by atoms with E-state index in [1.54, 1.807) is 44.2 Å². The molecule has 0 saturated carbocycles. The highest BCUT2D eigenvalue weighted by atomic mass is 32.2. The second-order valence-electron chi connectivity index (χ2n) is 8.53. The molecule has 0 unspecified atom stereocenters. The van der Waals surface area contributed by atoms with Crippen molar-refractivity contribution >= 4 is 46.9 Å². The Kier molecular flexibility index (Phi) is 8.40. The highest BCUT2D eigenvalue weighted by Crippen LogP contribution is 2.38. The maximum absolute atomic E-state index is 13.8. The summed E-state index contributed by atoms with van der Waals surface area (Å²) in [5, 5.41) is 3.30. The standard InChI is InChI=1S/C28H26N4O6S/c1-5-14-38-27(36)20-8-6-7-9-21(20)32-24(33)22(31-19-12-10-18(11-13-19)26(35)37-4)23(25(32)34)39-28-29-16(2)15-17(3)30-28/h6-13,15,31H,5,14H2,1-4H3. The average molecular weight is 547 g/mol. The lowest BCUT2D eigenvalue weighted by Gasteiger charge is -2.18. The molecule has 0 saturated heterocycles. The van der Waals surface area contributed by atoms with Gasteiger partial charge >= 0.3 is 11.9 Å². The third kappa shape index (κ3) is 5.99. The number of carbonyl (C=O) groups excluding carboxylic acids is 4. The molecule has 1 aromatic heterocycles. The smallest absolute Gasteiger partial charge is 0.340 e. The summed E-state index contributed by atoms with van der Waals surface area (Å²) in [7, 11) is 1.28. The molecule has 11 heteroatoms. The fraction of sp³-hybridized carbons (Fsp3) is 0.214. The molecule has 0 fully saturated rings. The van der Waals surface area contributed by atoms with Gasteiger partial charge in [-0.2, -0.15) is 0 Å². The van der Waals surface area contributed by atoms with Crippen molar-refractivity contribution in [2.45, 2.75) is 32.3 Å². The summed E-state index contributed by atoms with van der Waals surface area (Å²) in [4.78, 5) is 61.9. The van der Waals surface area contributed by atoms with Gasteiger partial charge in [0.1, 0.15) is 10.6 Å². The molecule has 10 nitrogen and oxygen atoms in total. The van der Waals surface area contributed by atoms with Crippen molar-refractivity contribution in [2.75, 3.05) is 23.9 Å². The van der Waals surface area contributed by atoms with Crippen molar-refractivity contribution < 1.29 is 28.7 Å². The van der Waals surface area contributed by atoms with Crippen LogP contribution in [0.5, 0.6) is 0 Å². The van der Waals surface area contributed by atoms with Gasteiger partial charge in [0.05, 0.1) is 30.5 Å². The molecular formula is C28H26N4O6S. The van der Waals surface area contributed by atoms with Gasteiger partial charge in [-0.1, -0.05) is 19.1 Å². The highest BCUT2D eigenvalue weighted by Gasteiger charge is 2.42. The lowest BCUT2D eigenvalue weighted by atomic mass is 10.1. The molecule has 200 valence electrons. The van der Waals surface area contributed by atoms with E-state index in [1.165, 1.54) is 31.4 Å². The molecule has 1 aliphatic heterocycles. The van der Waals surface area contributed by atoms with E-state index in [9.17, 15) is 19.2 Å². The zero-order valence-electron chi connectivity index (χ0n) is 21.8. The van der Waals surface area contributed by atoms with Crippen LogP contribution in [0.2, 0.25) is 0 Å². The number of nitrogens with one attached hydrogen (secondary N) is 1. The summed E-state index contributed by atoms with van der Waals surface area (Å²) in [6, 6.07) is 14.3. The summed E-state index contributed by atoms with van der Waals surface area (Å²) >= 11 is 0.950. The van der Waals surface area contributed by atoms with Crippen LogP contribution in [0.25, 0.3) is 0 Å². The molecule has 2 aromatic carbocycles. The second kappa shape index (κ2) is 11.9. The van der Waals surface area contributed by atoms with Gasteiger partial charge in [0.2, 0.25) is 0 Å². The van der Waals surface area contributed by atoms with Crippen LogP contribution in [0.4, 0.5) is 11.4 Å². The number of methoxy groups -OCH3 is 1. The average Bonchev–Trinajstić information content (AvgIpc) is 3.14. The fourth-order valence-electron chi connectivity index (χ4n) is 3.83. The number of amides is 2. The molecule has 39 heavy (non-hydrogen) atoms. The van der Waals surface area contributed by atoms with Gasteiger partial charge in [-0.3, -0.25) is 9.59 Å². The minimum Gasteiger partial charge on any atom is -0.465 e. The van der Waals surface area contributed by atoms with Crippen LogP contribution in [-0.4, -0.2) is 47.4 Å². The van der Waals surface area contributed by atoms with Gasteiger partial charge in [-0.15, -0.1) is 0 Å². The zero-order valence-corrected chi connectivity index (χ0v) is 22.6. The van der Waals surface area contributed by atoms with E-state index in [0.717, 1.165) is 16.7 Å². The number of hydrogen-bond acceptors (Lipinski definition) is 10. The second-order valence-corrected chi connectivity index (χ2v) is 9.51. The van der Waals surface area contributed by atoms with Gasteiger partial charge in [0.25, 0.3) is 11.8 Å². The highest BCUT2D eigenvalue weighted by molar-refractivity contribution is 8.04. The molecular weight excluding hydrogens is 520 g/mol. The van der Waals surface area contributed by atoms with Crippen LogP contribution in [0.3, 0.4) is 0 Å². The molecule has 1 N–H and O–H groups in total. The van der Waals surface area contributed by atoms with Crippen molar-refractivity contribution in [1.82, 2.24) is 9.97 Å². The Hall–Kier alpha value is -4.51. The predicted octanol–water partition coefficient (Wildman–Crippen LogP) is 4.44. The van der Waals surface area contributed by atoms with Crippen LogP contribution in [0.15, 0.2) is 70.4 Å². The number of ether oxygens (including phenoxy) is 2. The van der Waals surface area contributed by atoms with Crippen LogP contribution in [0.1, 0.15) is 45.4 Å². The van der Waals surface area contributed by atoms with Crippen molar-refractivity contribution in [3.63, 3.8) is 0 Å². The summed E-state index contributed by atoms with van der Waals surface area (Å²) in [6.45, 7) is 5.68. The van der Waals surface area contributed by atoms with Crippen molar-refractivity contribution in [3.05, 3.63) is 87.7 Å². The first-order chi connectivity index (χ1) is 18.7. The minimum atomic E-state index is -0.667. The van der Waals surface area contributed by atoms with E-state index in [0.29, 0.717) is 34.2 Å². The first-order valence-corrected chi connectivity index (χ1v) is 12.9. The third-order valence-electron chi connectivity index (χ3n) is 5.57. The molecule has 0 aliphatic carbocycles. The van der Waals surface area contributed by atoms with Gasteiger partial charge in [-0.05, 0) is 74.5 Å². The molecule has 3 aromatic rings. The number of rotatable bonds is 9. The van der Waals surface area contributed by atoms with Crippen molar-refractivity contribution in [2.24, 2.45) is 0 Å². The first kappa shape index (κ1) is 27.5. The Labute approximate surface area is 229 Å². The van der Waals surface area contributed by atoms with Crippen LogP contribution in [0, 0.1) is 13.8 Å². The SMILES string of the molecule is CCCOC(=O)c1ccccc1N1C(=O)C(Nc2ccc(C(=O)OC)cc2)=C(Sc2nc(C)cc(C)n2)C1=O. The number of carbonyl (C=O) groups is 4. The molecule has 0 radical (unpaired) electrons. The van der Waals surface area contributed by atoms with Crippen LogP contribution in [-0.2, 0) is 19.1 Å².